The molecular weight excluding hydrogens is 310 g/mol. The van der Waals surface area contributed by atoms with Crippen molar-refractivity contribution in [1.82, 2.24) is 9.21 Å². The molecule has 0 saturated heterocycles. The van der Waals surface area contributed by atoms with Gasteiger partial charge in [-0.3, -0.25) is 0 Å². The SMILES string of the molecule is CCCN(CCN(C)C)S(=O)(=O)c1cc(N)c(C)cc1Cl. The molecule has 0 aliphatic carbocycles. The number of anilines is 1. The topological polar surface area (TPSA) is 66.6 Å². The normalized spacial score (nSPS) is 12.3. The van der Waals surface area contributed by atoms with Crippen LogP contribution in [0, 0.1) is 6.92 Å². The Morgan fingerprint density at radius 3 is 2.33 bits per heavy atom. The maximum absolute atomic E-state index is 12.8. The highest BCUT2D eigenvalue weighted by molar-refractivity contribution is 7.89. The molecule has 0 fully saturated rings. The van der Waals surface area contributed by atoms with Gasteiger partial charge in [0.25, 0.3) is 0 Å². The van der Waals surface area contributed by atoms with Gasteiger partial charge in [0.2, 0.25) is 10.0 Å². The smallest absolute Gasteiger partial charge is 0.244 e. The number of benzene rings is 1. The monoisotopic (exact) mass is 333 g/mol. The van der Waals surface area contributed by atoms with E-state index >= 15 is 0 Å². The van der Waals surface area contributed by atoms with Gasteiger partial charge in [-0.1, -0.05) is 18.5 Å². The molecule has 0 radical (unpaired) electrons. The minimum absolute atomic E-state index is 0.0828. The third kappa shape index (κ3) is 4.57. The molecule has 21 heavy (non-hydrogen) atoms. The third-order valence-corrected chi connectivity index (χ3v) is 5.57. The van der Waals surface area contributed by atoms with E-state index in [0.29, 0.717) is 25.3 Å². The van der Waals surface area contributed by atoms with Crippen molar-refractivity contribution in [2.75, 3.05) is 39.5 Å². The molecule has 0 bridgehead atoms. The van der Waals surface area contributed by atoms with E-state index in [1.54, 1.807) is 13.0 Å². The molecule has 1 aromatic rings. The summed E-state index contributed by atoms with van der Waals surface area (Å²) >= 11 is 6.12. The molecule has 1 aromatic carbocycles. The van der Waals surface area contributed by atoms with Gasteiger partial charge in [0, 0.05) is 25.3 Å². The Morgan fingerprint density at radius 1 is 1.19 bits per heavy atom. The van der Waals surface area contributed by atoms with Crippen LogP contribution in [0.1, 0.15) is 18.9 Å². The van der Waals surface area contributed by atoms with E-state index in [1.807, 2.05) is 25.9 Å². The highest BCUT2D eigenvalue weighted by Gasteiger charge is 2.26. The number of nitrogens with zero attached hydrogens (tertiary/aromatic N) is 2. The van der Waals surface area contributed by atoms with Crippen molar-refractivity contribution >= 4 is 27.3 Å². The molecule has 2 N–H and O–H groups in total. The third-order valence-electron chi connectivity index (χ3n) is 3.21. The summed E-state index contributed by atoms with van der Waals surface area (Å²) in [4.78, 5) is 2.03. The summed E-state index contributed by atoms with van der Waals surface area (Å²) in [6, 6.07) is 3.05. The van der Waals surface area contributed by atoms with E-state index < -0.39 is 10.0 Å². The van der Waals surface area contributed by atoms with Crippen LogP contribution < -0.4 is 5.73 Å². The molecule has 0 aliphatic heterocycles. The van der Waals surface area contributed by atoms with Gasteiger partial charge in [-0.25, -0.2) is 8.42 Å². The number of nitrogen functional groups attached to an aromatic ring is 1. The molecule has 0 amide bonds. The number of rotatable bonds is 7. The molecule has 0 aliphatic rings. The molecule has 0 unspecified atom stereocenters. The van der Waals surface area contributed by atoms with Crippen molar-refractivity contribution in [3.63, 3.8) is 0 Å². The fourth-order valence-corrected chi connectivity index (χ4v) is 4.03. The lowest BCUT2D eigenvalue weighted by molar-refractivity contribution is 0.333. The molecule has 0 saturated carbocycles. The first kappa shape index (κ1) is 18.2. The number of aryl methyl sites for hydroxylation is 1. The van der Waals surface area contributed by atoms with E-state index in [0.717, 1.165) is 12.0 Å². The number of sulfonamides is 1. The van der Waals surface area contributed by atoms with Gasteiger partial charge < -0.3 is 10.6 Å². The van der Waals surface area contributed by atoms with Gasteiger partial charge in [-0.2, -0.15) is 4.31 Å². The summed E-state index contributed by atoms with van der Waals surface area (Å²) < 4.78 is 27.0. The Bertz CT molecular complexity index is 588. The zero-order valence-corrected chi connectivity index (χ0v) is 14.6. The minimum atomic E-state index is -3.63. The second kappa shape index (κ2) is 7.45. The van der Waals surface area contributed by atoms with E-state index in [9.17, 15) is 8.42 Å². The van der Waals surface area contributed by atoms with Crippen LogP contribution in [-0.2, 0) is 10.0 Å². The number of hydrogen-bond donors (Lipinski definition) is 1. The quantitative estimate of drug-likeness (QED) is 0.777. The lowest BCUT2D eigenvalue weighted by Gasteiger charge is -2.24. The van der Waals surface area contributed by atoms with Gasteiger partial charge in [-0.15, -0.1) is 0 Å². The van der Waals surface area contributed by atoms with E-state index in [4.69, 9.17) is 17.3 Å². The van der Waals surface area contributed by atoms with Crippen LogP contribution in [0.15, 0.2) is 17.0 Å². The van der Waals surface area contributed by atoms with Gasteiger partial charge in [0.05, 0.1) is 5.02 Å². The van der Waals surface area contributed by atoms with Crippen LogP contribution in [0.2, 0.25) is 5.02 Å². The standard InChI is InChI=1S/C14H24ClN3O2S/c1-5-6-18(8-7-17(3)4)21(19,20)14-10-13(16)11(2)9-12(14)15/h9-10H,5-8,16H2,1-4H3. The lowest BCUT2D eigenvalue weighted by Crippen LogP contribution is -2.37. The van der Waals surface area contributed by atoms with Crippen molar-refractivity contribution in [3.8, 4) is 0 Å². The first-order valence-corrected chi connectivity index (χ1v) is 8.72. The molecule has 120 valence electrons. The van der Waals surface area contributed by atoms with Crippen LogP contribution in [0.5, 0.6) is 0 Å². The maximum Gasteiger partial charge on any atom is 0.244 e. The first-order chi connectivity index (χ1) is 9.70. The van der Waals surface area contributed by atoms with Crippen LogP contribution in [0.3, 0.4) is 0 Å². The molecule has 0 spiro atoms. The fourth-order valence-electron chi connectivity index (χ4n) is 1.92. The van der Waals surface area contributed by atoms with Crippen molar-refractivity contribution in [2.45, 2.75) is 25.2 Å². The van der Waals surface area contributed by atoms with Gasteiger partial charge in [0.1, 0.15) is 4.90 Å². The average Bonchev–Trinajstić information content (AvgIpc) is 2.38. The number of likely N-dealkylation sites (N-methyl/N-ethyl adjacent to an activating group) is 1. The van der Waals surface area contributed by atoms with E-state index in [2.05, 4.69) is 0 Å². The minimum Gasteiger partial charge on any atom is -0.398 e. The Morgan fingerprint density at radius 2 is 1.81 bits per heavy atom. The van der Waals surface area contributed by atoms with Crippen molar-refractivity contribution in [2.24, 2.45) is 0 Å². The summed E-state index contributed by atoms with van der Waals surface area (Å²) in [5.41, 5.74) is 7.04. The highest BCUT2D eigenvalue weighted by Crippen LogP contribution is 2.29. The summed E-state index contributed by atoms with van der Waals surface area (Å²) in [5, 5.41) is 0.215. The largest absolute Gasteiger partial charge is 0.398 e. The second-order valence-electron chi connectivity index (χ2n) is 5.35. The lowest BCUT2D eigenvalue weighted by atomic mass is 10.2. The zero-order valence-electron chi connectivity index (χ0n) is 13.1. The van der Waals surface area contributed by atoms with E-state index in [-0.39, 0.29) is 9.92 Å². The predicted molar refractivity (Wildman–Crippen MR) is 88.2 cm³/mol. The van der Waals surface area contributed by atoms with Crippen molar-refractivity contribution in [1.29, 1.82) is 0 Å². The summed E-state index contributed by atoms with van der Waals surface area (Å²) in [5.74, 6) is 0. The predicted octanol–water partition coefficient (Wildman–Crippen LogP) is 2.19. The van der Waals surface area contributed by atoms with E-state index in [1.165, 1.54) is 10.4 Å². The van der Waals surface area contributed by atoms with Crippen molar-refractivity contribution in [3.05, 3.63) is 22.7 Å². The first-order valence-electron chi connectivity index (χ1n) is 6.90. The molecule has 0 aromatic heterocycles. The maximum atomic E-state index is 12.8. The Labute approximate surface area is 132 Å². The highest BCUT2D eigenvalue weighted by atomic mass is 35.5. The molecule has 7 heteroatoms. The van der Waals surface area contributed by atoms with Gasteiger partial charge in [-0.05, 0) is 45.1 Å². The van der Waals surface area contributed by atoms with Crippen molar-refractivity contribution < 1.29 is 8.42 Å². The molecule has 1 rings (SSSR count). The Hall–Kier alpha value is -0.820. The molecule has 0 heterocycles. The van der Waals surface area contributed by atoms with Crippen LogP contribution in [-0.4, -0.2) is 51.4 Å². The molecular formula is C14H24ClN3O2S. The Kier molecular flexibility index (Phi) is 6.46. The average molecular weight is 334 g/mol. The number of halogens is 1. The van der Waals surface area contributed by atoms with Crippen LogP contribution in [0.4, 0.5) is 5.69 Å². The fraction of sp³-hybridized carbons (Fsp3) is 0.571. The molecule has 5 nitrogen and oxygen atoms in total. The Balaban J connectivity index is 3.19. The second-order valence-corrected chi connectivity index (χ2v) is 7.66. The molecule has 0 atom stereocenters. The zero-order chi connectivity index (χ0) is 16.2. The van der Waals surface area contributed by atoms with Gasteiger partial charge >= 0.3 is 0 Å². The number of nitrogens with two attached hydrogens (primary N) is 1. The summed E-state index contributed by atoms with van der Waals surface area (Å²) in [6.07, 6.45) is 0.742. The summed E-state index contributed by atoms with van der Waals surface area (Å²) in [6.45, 7) is 5.28. The van der Waals surface area contributed by atoms with Gasteiger partial charge in [0.15, 0.2) is 0 Å². The number of hydrogen-bond acceptors (Lipinski definition) is 4. The summed E-state index contributed by atoms with van der Waals surface area (Å²) in [7, 11) is 0.187. The van der Waals surface area contributed by atoms with Crippen LogP contribution in [0.25, 0.3) is 0 Å². The van der Waals surface area contributed by atoms with Crippen LogP contribution >= 0.6 is 11.6 Å².